The Hall–Kier alpha value is -2.02. The van der Waals surface area contributed by atoms with Crippen LogP contribution in [0.1, 0.15) is 55.4 Å². The Kier molecular flexibility index (Phi) is 5.15. The lowest BCUT2D eigenvalue weighted by Crippen LogP contribution is -2.34. The van der Waals surface area contributed by atoms with E-state index in [0.29, 0.717) is 5.92 Å². The van der Waals surface area contributed by atoms with Crippen LogP contribution < -0.4 is 4.90 Å². The molecule has 0 unspecified atom stereocenters. The monoisotopic (exact) mass is 355 g/mol. The highest BCUT2D eigenvalue weighted by atomic mass is 15.3. The van der Waals surface area contributed by atoms with Crippen molar-refractivity contribution in [2.75, 3.05) is 31.1 Å². The van der Waals surface area contributed by atoms with Gasteiger partial charge >= 0.3 is 0 Å². The van der Waals surface area contributed by atoms with Crippen LogP contribution in [-0.2, 0) is 13.6 Å². The Morgan fingerprint density at radius 1 is 1.00 bits per heavy atom. The maximum atomic E-state index is 4.56. The number of likely N-dealkylation sites (tertiary alicyclic amines) is 1. The summed E-state index contributed by atoms with van der Waals surface area (Å²) in [7, 11) is 2.13. The molecule has 0 radical (unpaired) electrons. The largest absolute Gasteiger partial charge is 0.356 e. The van der Waals surface area contributed by atoms with Gasteiger partial charge in [-0.2, -0.15) is 0 Å². The average molecular weight is 355 g/mol. The van der Waals surface area contributed by atoms with Crippen LogP contribution in [0.15, 0.2) is 12.4 Å². The van der Waals surface area contributed by atoms with Crippen molar-refractivity contribution in [3.63, 3.8) is 0 Å². The third kappa shape index (κ3) is 3.72. The molecule has 2 aromatic heterocycles. The molecule has 2 aromatic rings. The van der Waals surface area contributed by atoms with Crippen LogP contribution in [0.4, 0.5) is 5.82 Å². The molecule has 4 rings (SSSR count). The lowest BCUT2D eigenvalue weighted by atomic mass is 9.96. The highest BCUT2D eigenvalue weighted by Crippen LogP contribution is 2.29. The van der Waals surface area contributed by atoms with Gasteiger partial charge in [0, 0.05) is 37.8 Å². The summed E-state index contributed by atoms with van der Waals surface area (Å²) in [5, 5.41) is 9.07. The van der Waals surface area contributed by atoms with Crippen molar-refractivity contribution < 1.29 is 0 Å². The Bertz CT molecular complexity index is 727. The fraction of sp³-hybridized carbons (Fsp3) is 0.684. The van der Waals surface area contributed by atoms with E-state index < -0.39 is 0 Å². The first-order valence-corrected chi connectivity index (χ1v) is 9.85. The molecule has 140 valence electrons. The molecule has 7 heteroatoms. The van der Waals surface area contributed by atoms with E-state index in [4.69, 9.17) is 0 Å². The van der Waals surface area contributed by atoms with E-state index in [2.05, 4.69) is 47.6 Å². The summed E-state index contributed by atoms with van der Waals surface area (Å²) >= 11 is 0. The van der Waals surface area contributed by atoms with Crippen molar-refractivity contribution in [3.8, 4) is 0 Å². The molecule has 4 heterocycles. The molecule has 0 N–H and O–H groups in total. The molecule has 2 aliphatic rings. The number of aromatic nitrogens is 5. The predicted octanol–water partition coefficient (Wildman–Crippen LogP) is 2.28. The van der Waals surface area contributed by atoms with Crippen LogP contribution in [0.3, 0.4) is 0 Å². The summed E-state index contributed by atoms with van der Waals surface area (Å²) in [5.41, 5.74) is 1.02. The van der Waals surface area contributed by atoms with Gasteiger partial charge in [-0.15, -0.1) is 10.2 Å². The number of aryl methyl sites for hydroxylation is 1. The molecular weight excluding hydrogens is 326 g/mol. The van der Waals surface area contributed by atoms with Crippen molar-refractivity contribution in [1.82, 2.24) is 29.6 Å². The summed E-state index contributed by atoms with van der Waals surface area (Å²) in [6, 6.07) is 2.07. The van der Waals surface area contributed by atoms with Crippen molar-refractivity contribution in [2.45, 2.75) is 51.5 Å². The molecule has 0 saturated carbocycles. The van der Waals surface area contributed by atoms with E-state index in [1.807, 2.05) is 6.92 Å². The lowest BCUT2D eigenvalue weighted by molar-refractivity contribution is 0.213. The summed E-state index contributed by atoms with van der Waals surface area (Å²) < 4.78 is 2.24. The predicted molar refractivity (Wildman–Crippen MR) is 101 cm³/mol. The molecular formula is C19H29N7. The first-order chi connectivity index (χ1) is 12.7. The van der Waals surface area contributed by atoms with E-state index in [-0.39, 0.29) is 0 Å². The molecule has 2 saturated heterocycles. The molecule has 26 heavy (non-hydrogen) atoms. The lowest BCUT2D eigenvalue weighted by Gasteiger charge is -2.32. The van der Waals surface area contributed by atoms with Crippen molar-refractivity contribution in [2.24, 2.45) is 7.05 Å². The zero-order valence-electron chi connectivity index (χ0n) is 15.9. The molecule has 0 aliphatic carbocycles. The maximum absolute atomic E-state index is 4.56. The molecule has 2 fully saturated rings. The number of hydrogen-bond donors (Lipinski definition) is 0. The van der Waals surface area contributed by atoms with Gasteiger partial charge in [0.1, 0.15) is 23.8 Å². The first-order valence-electron chi connectivity index (χ1n) is 9.85. The smallest absolute Gasteiger partial charge is 0.146 e. The van der Waals surface area contributed by atoms with Crippen LogP contribution >= 0.6 is 0 Å². The summed E-state index contributed by atoms with van der Waals surface area (Å²) in [4.78, 5) is 13.5. The zero-order valence-corrected chi connectivity index (χ0v) is 15.9. The van der Waals surface area contributed by atoms with Gasteiger partial charge in [0.05, 0.1) is 6.54 Å². The van der Waals surface area contributed by atoms with Gasteiger partial charge in [-0.05, 0) is 45.7 Å². The molecule has 7 nitrogen and oxygen atoms in total. The highest BCUT2D eigenvalue weighted by molar-refractivity contribution is 5.39. The highest BCUT2D eigenvalue weighted by Gasteiger charge is 2.26. The second kappa shape index (κ2) is 7.70. The average Bonchev–Trinajstić information content (AvgIpc) is 3.03. The Morgan fingerprint density at radius 3 is 2.50 bits per heavy atom. The van der Waals surface area contributed by atoms with Crippen molar-refractivity contribution >= 4 is 5.82 Å². The number of piperidine rings is 2. The van der Waals surface area contributed by atoms with Crippen molar-refractivity contribution in [3.05, 3.63) is 29.7 Å². The number of hydrogen-bond acceptors (Lipinski definition) is 6. The SMILES string of the molecule is Cc1cc(N2CCC(c3nnc(CN4CCCCC4)n3C)CC2)ncn1. The van der Waals surface area contributed by atoms with Gasteiger partial charge in [0.2, 0.25) is 0 Å². The number of nitrogens with zero attached hydrogens (tertiary/aromatic N) is 7. The van der Waals surface area contributed by atoms with Gasteiger partial charge in [0.15, 0.2) is 0 Å². The van der Waals surface area contributed by atoms with Gasteiger partial charge in [-0.25, -0.2) is 9.97 Å². The normalized spacial score (nSPS) is 19.8. The minimum atomic E-state index is 0.488. The van der Waals surface area contributed by atoms with Gasteiger partial charge in [0.25, 0.3) is 0 Å². The van der Waals surface area contributed by atoms with Gasteiger partial charge in [-0.3, -0.25) is 4.90 Å². The number of anilines is 1. The molecule has 0 amide bonds. The van der Waals surface area contributed by atoms with E-state index in [9.17, 15) is 0 Å². The van der Waals surface area contributed by atoms with Crippen molar-refractivity contribution in [1.29, 1.82) is 0 Å². The molecule has 0 spiro atoms. The van der Waals surface area contributed by atoms with Crippen LogP contribution in [0.2, 0.25) is 0 Å². The maximum Gasteiger partial charge on any atom is 0.146 e. The molecule has 0 atom stereocenters. The fourth-order valence-electron chi connectivity index (χ4n) is 4.17. The summed E-state index contributed by atoms with van der Waals surface area (Å²) in [5.74, 6) is 3.78. The van der Waals surface area contributed by atoms with Gasteiger partial charge in [-0.1, -0.05) is 6.42 Å². The molecule has 2 aliphatic heterocycles. The quantitative estimate of drug-likeness (QED) is 0.838. The van der Waals surface area contributed by atoms with E-state index in [1.165, 1.54) is 32.4 Å². The topological polar surface area (TPSA) is 63.0 Å². The standard InChI is InChI=1S/C19H29N7/c1-15-12-17(21-14-20-15)26-10-6-16(7-11-26)19-23-22-18(24(19)2)13-25-8-4-3-5-9-25/h12,14,16H,3-11,13H2,1-2H3. The minimum Gasteiger partial charge on any atom is -0.356 e. The molecule has 0 bridgehead atoms. The van der Waals surface area contributed by atoms with E-state index in [1.54, 1.807) is 6.33 Å². The zero-order chi connectivity index (χ0) is 17.9. The van der Waals surface area contributed by atoms with E-state index in [0.717, 1.165) is 55.6 Å². The molecule has 0 aromatic carbocycles. The fourth-order valence-corrected chi connectivity index (χ4v) is 4.17. The van der Waals surface area contributed by atoms with Crippen LogP contribution in [0, 0.1) is 6.92 Å². The second-order valence-electron chi connectivity index (χ2n) is 7.65. The van der Waals surface area contributed by atoms with Gasteiger partial charge < -0.3 is 9.47 Å². The van der Waals surface area contributed by atoms with Crippen LogP contribution in [-0.4, -0.2) is 55.8 Å². The minimum absolute atomic E-state index is 0.488. The third-order valence-electron chi connectivity index (χ3n) is 5.79. The summed E-state index contributed by atoms with van der Waals surface area (Å²) in [6.45, 7) is 7.35. The Labute approximate surface area is 155 Å². The second-order valence-corrected chi connectivity index (χ2v) is 7.65. The Balaban J connectivity index is 1.38. The number of rotatable bonds is 4. The van der Waals surface area contributed by atoms with Crippen LogP contribution in [0.25, 0.3) is 0 Å². The van der Waals surface area contributed by atoms with E-state index >= 15 is 0 Å². The third-order valence-corrected chi connectivity index (χ3v) is 5.79. The summed E-state index contributed by atoms with van der Waals surface area (Å²) in [6.07, 6.45) is 7.84. The van der Waals surface area contributed by atoms with Crippen LogP contribution in [0.5, 0.6) is 0 Å². The first kappa shape index (κ1) is 17.4. The Morgan fingerprint density at radius 2 is 1.77 bits per heavy atom.